The first-order valence-electron chi connectivity index (χ1n) is 10.5. The van der Waals surface area contributed by atoms with E-state index in [4.69, 9.17) is 0 Å². The Morgan fingerprint density at radius 2 is 1.39 bits per heavy atom. The van der Waals surface area contributed by atoms with E-state index in [0.29, 0.717) is 0 Å². The summed E-state index contributed by atoms with van der Waals surface area (Å²) >= 11 is 0. The van der Waals surface area contributed by atoms with Crippen LogP contribution in [0.2, 0.25) is 0 Å². The molecule has 23 heavy (non-hydrogen) atoms. The second-order valence-corrected chi connectivity index (χ2v) is 9.00. The zero-order chi connectivity index (χ0) is 16.7. The van der Waals surface area contributed by atoms with Crippen LogP contribution in [0, 0.1) is 17.8 Å². The van der Waals surface area contributed by atoms with E-state index in [1.807, 2.05) is 0 Å². The second-order valence-electron chi connectivity index (χ2n) is 9.00. The third kappa shape index (κ3) is 7.13. The molecule has 0 unspecified atom stereocenters. The Morgan fingerprint density at radius 1 is 0.783 bits per heavy atom. The van der Waals surface area contributed by atoms with Gasteiger partial charge in [0.25, 0.3) is 0 Å². The van der Waals surface area contributed by atoms with Crippen molar-refractivity contribution < 1.29 is 0 Å². The van der Waals surface area contributed by atoms with Gasteiger partial charge in [-0.3, -0.25) is 0 Å². The quantitative estimate of drug-likeness (QED) is 0.578. The maximum absolute atomic E-state index is 2.78. The topological polar surface area (TPSA) is 6.48 Å². The first kappa shape index (κ1) is 19.2. The molecule has 0 aromatic heterocycles. The molecule has 2 fully saturated rings. The molecule has 0 N–H and O–H groups in total. The van der Waals surface area contributed by atoms with Gasteiger partial charge in [0.15, 0.2) is 0 Å². The van der Waals surface area contributed by atoms with Crippen LogP contribution in [0.3, 0.4) is 0 Å². The Balaban J connectivity index is 1.55. The lowest BCUT2D eigenvalue weighted by molar-refractivity contribution is 0.102. The van der Waals surface area contributed by atoms with Crippen LogP contribution in [-0.4, -0.2) is 48.6 Å². The average Bonchev–Trinajstić information content (AvgIpc) is 2.53. The van der Waals surface area contributed by atoms with Crippen molar-refractivity contribution in [3.63, 3.8) is 0 Å². The molecule has 2 aliphatic heterocycles. The lowest BCUT2D eigenvalue weighted by atomic mass is 9.89. The summed E-state index contributed by atoms with van der Waals surface area (Å²) in [5, 5.41) is 0. The molecule has 0 bridgehead atoms. The molecule has 0 aromatic rings. The van der Waals surface area contributed by atoms with Crippen molar-refractivity contribution in [2.24, 2.45) is 17.8 Å². The minimum atomic E-state index is 0.738. The fourth-order valence-electron chi connectivity index (χ4n) is 4.46. The fraction of sp³-hybridized carbons (Fsp3) is 1.00. The van der Waals surface area contributed by atoms with E-state index >= 15 is 0 Å². The highest BCUT2D eigenvalue weighted by Gasteiger charge is 2.25. The average molecular weight is 323 g/mol. The van der Waals surface area contributed by atoms with Crippen molar-refractivity contribution in [3.05, 3.63) is 0 Å². The molecule has 2 rings (SSSR count). The summed E-state index contributed by atoms with van der Waals surface area (Å²) in [7, 11) is 0. The maximum atomic E-state index is 2.78. The van der Waals surface area contributed by atoms with E-state index in [-0.39, 0.29) is 0 Å². The van der Waals surface area contributed by atoms with Crippen LogP contribution in [-0.2, 0) is 0 Å². The minimum absolute atomic E-state index is 0.738. The van der Waals surface area contributed by atoms with E-state index in [9.17, 15) is 0 Å². The second kappa shape index (κ2) is 10.0. The van der Waals surface area contributed by atoms with Gasteiger partial charge >= 0.3 is 0 Å². The number of hydrogen-bond acceptors (Lipinski definition) is 2. The molecule has 0 amide bonds. The number of nitrogens with zero attached hydrogens (tertiary/aromatic N) is 2. The molecular formula is C21H42N2. The number of likely N-dealkylation sites (tertiary alicyclic amines) is 2. The molecule has 0 atom stereocenters. The summed E-state index contributed by atoms with van der Waals surface area (Å²) in [4.78, 5) is 5.43. The van der Waals surface area contributed by atoms with Crippen molar-refractivity contribution in [1.82, 2.24) is 9.80 Å². The lowest BCUT2D eigenvalue weighted by Gasteiger charge is -2.39. The molecule has 0 radical (unpaired) electrons. The molecule has 136 valence electrons. The highest BCUT2D eigenvalue weighted by atomic mass is 15.2. The predicted octanol–water partition coefficient (Wildman–Crippen LogP) is 5.04. The van der Waals surface area contributed by atoms with Gasteiger partial charge in [0, 0.05) is 12.6 Å². The molecule has 0 aromatic carbocycles. The molecule has 2 heterocycles. The summed E-state index contributed by atoms with van der Waals surface area (Å²) in [5.41, 5.74) is 0. The summed E-state index contributed by atoms with van der Waals surface area (Å²) in [6.45, 7) is 16.2. The Labute approximate surface area is 146 Å². The van der Waals surface area contributed by atoms with Gasteiger partial charge < -0.3 is 9.80 Å². The first-order chi connectivity index (χ1) is 11.0. The lowest BCUT2D eigenvalue weighted by Crippen LogP contribution is -2.43. The van der Waals surface area contributed by atoms with Gasteiger partial charge in [-0.2, -0.15) is 0 Å². The monoisotopic (exact) mass is 322 g/mol. The zero-order valence-corrected chi connectivity index (χ0v) is 16.4. The maximum Gasteiger partial charge on any atom is 0.00385 e. The Bertz CT molecular complexity index is 297. The van der Waals surface area contributed by atoms with Crippen LogP contribution in [0.15, 0.2) is 0 Å². The summed E-state index contributed by atoms with van der Waals surface area (Å²) in [6.07, 6.45) is 11.6. The van der Waals surface area contributed by atoms with Crippen molar-refractivity contribution in [2.75, 3.05) is 32.7 Å². The van der Waals surface area contributed by atoms with Gasteiger partial charge in [0.1, 0.15) is 0 Å². The van der Waals surface area contributed by atoms with Crippen LogP contribution in [0.1, 0.15) is 79.1 Å². The number of hydrogen-bond donors (Lipinski definition) is 0. The SMILES string of the molecule is CC(C)CCCCC1CCN(CC2CCN(C(C)C)CC2)CC1. The zero-order valence-electron chi connectivity index (χ0n) is 16.4. The van der Waals surface area contributed by atoms with Crippen LogP contribution < -0.4 is 0 Å². The predicted molar refractivity (Wildman–Crippen MR) is 102 cm³/mol. The van der Waals surface area contributed by atoms with E-state index in [2.05, 4.69) is 37.5 Å². The number of piperidine rings is 2. The third-order valence-corrected chi connectivity index (χ3v) is 6.25. The Morgan fingerprint density at radius 3 is 1.96 bits per heavy atom. The van der Waals surface area contributed by atoms with Gasteiger partial charge in [-0.1, -0.05) is 39.5 Å². The van der Waals surface area contributed by atoms with Gasteiger partial charge in [0.05, 0.1) is 0 Å². The summed E-state index contributed by atoms with van der Waals surface area (Å²) in [6, 6.07) is 0.738. The van der Waals surface area contributed by atoms with Gasteiger partial charge in [0.2, 0.25) is 0 Å². The number of unbranched alkanes of at least 4 members (excludes halogenated alkanes) is 1. The van der Waals surface area contributed by atoms with Crippen molar-refractivity contribution >= 4 is 0 Å². The third-order valence-electron chi connectivity index (χ3n) is 6.25. The fourth-order valence-corrected chi connectivity index (χ4v) is 4.46. The first-order valence-corrected chi connectivity index (χ1v) is 10.5. The molecule has 2 aliphatic rings. The van der Waals surface area contributed by atoms with E-state index in [1.54, 1.807) is 0 Å². The molecule has 2 heteroatoms. The van der Waals surface area contributed by atoms with Crippen molar-refractivity contribution in [2.45, 2.75) is 85.1 Å². The molecule has 0 saturated carbocycles. The summed E-state index contributed by atoms with van der Waals surface area (Å²) < 4.78 is 0. The normalized spacial score (nSPS) is 23.2. The van der Waals surface area contributed by atoms with Crippen LogP contribution in [0.5, 0.6) is 0 Å². The largest absolute Gasteiger partial charge is 0.303 e. The van der Waals surface area contributed by atoms with E-state index in [0.717, 1.165) is 23.8 Å². The van der Waals surface area contributed by atoms with Crippen molar-refractivity contribution in [3.8, 4) is 0 Å². The molecule has 0 spiro atoms. The van der Waals surface area contributed by atoms with Gasteiger partial charge in [-0.25, -0.2) is 0 Å². The highest BCUT2D eigenvalue weighted by molar-refractivity contribution is 4.79. The van der Waals surface area contributed by atoms with E-state index in [1.165, 1.54) is 84.1 Å². The Kier molecular flexibility index (Phi) is 8.40. The smallest absolute Gasteiger partial charge is 0.00385 e. The van der Waals surface area contributed by atoms with Crippen molar-refractivity contribution in [1.29, 1.82) is 0 Å². The molecule has 0 aliphatic carbocycles. The molecule has 2 nitrogen and oxygen atoms in total. The Hall–Kier alpha value is -0.0800. The van der Waals surface area contributed by atoms with E-state index < -0.39 is 0 Å². The van der Waals surface area contributed by atoms with Crippen LogP contribution in [0.4, 0.5) is 0 Å². The van der Waals surface area contributed by atoms with Crippen LogP contribution >= 0.6 is 0 Å². The number of rotatable bonds is 8. The van der Waals surface area contributed by atoms with Gasteiger partial charge in [-0.05, 0) is 83.5 Å². The van der Waals surface area contributed by atoms with Crippen LogP contribution in [0.25, 0.3) is 0 Å². The highest BCUT2D eigenvalue weighted by Crippen LogP contribution is 2.26. The molecule has 2 saturated heterocycles. The summed E-state index contributed by atoms with van der Waals surface area (Å²) in [5.74, 6) is 2.88. The molecular weight excluding hydrogens is 280 g/mol. The minimum Gasteiger partial charge on any atom is -0.303 e. The standard InChI is InChI=1S/C21H42N2/c1-18(2)7-5-6-8-20-9-13-22(14-10-20)17-21-11-15-23(16-12-21)19(3)4/h18-21H,5-17H2,1-4H3. The van der Waals surface area contributed by atoms with Gasteiger partial charge in [-0.15, -0.1) is 0 Å².